The van der Waals surface area contributed by atoms with Crippen molar-refractivity contribution in [2.45, 2.75) is 13.0 Å². The number of nitrogens with two attached hydrogens (primary N) is 1. The Bertz CT molecular complexity index is 368. The fourth-order valence-corrected chi connectivity index (χ4v) is 1.13. The molecular formula is C8H7ClF3NO2. The summed E-state index contributed by atoms with van der Waals surface area (Å²) in [4.78, 5) is 0. The number of halogens is 4. The number of hydrogen-bond acceptors (Lipinski definition) is 3. The van der Waals surface area contributed by atoms with Crippen LogP contribution in [-0.2, 0) is 6.61 Å². The summed E-state index contributed by atoms with van der Waals surface area (Å²) >= 11 is 5.52. The van der Waals surface area contributed by atoms with Gasteiger partial charge >= 0.3 is 6.36 Å². The molecule has 0 fully saturated rings. The third kappa shape index (κ3) is 2.90. The van der Waals surface area contributed by atoms with Crippen LogP contribution in [0.1, 0.15) is 5.56 Å². The van der Waals surface area contributed by atoms with Crippen LogP contribution in [0.15, 0.2) is 12.1 Å². The van der Waals surface area contributed by atoms with Gasteiger partial charge in [0.05, 0.1) is 17.3 Å². The molecule has 0 aromatic heterocycles. The van der Waals surface area contributed by atoms with Gasteiger partial charge in [0.25, 0.3) is 0 Å². The molecule has 7 heteroatoms. The first kappa shape index (κ1) is 11.9. The normalized spacial score (nSPS) is 11.5. The van der Waals surface area contributed by atoms with Crippen molar-refractivity contribution < 1.29 is 23.0 Å². The second kappa shape index (κ2) is 4.16. The molecule has 0 radical (unpaired) electrons. The van der Waals surface area contributed by atoms with Crippen LogP contribution < -0.4 is 10.5 Å². The molecule has 0 heterocycles. The van der Waals surface area contributed by atoms with Crippen LogP contribution in [-0.4, -0.2) is 11.5 Å². The van der Waals surface area contributed by atoms with Gasteiger partial charge in [-0.2, -0.15) is 0 Å². The topological polar surface area (TPSA) is 55.5 Å². The maximum absolute atomic E-state index is 12.0. The Morgan fingerprint density at radius 2 is 2.00 bits per heavy atom. The van der Waals surface area contributed by atoms with E-state index < -0.39 is 18.7 Å². The molecule has 1 rings (SSSR count). The molecule has 0 aliphatic rings. The lowest BCUT2D eigenvalue weighted by Gasteiger charge is -2.14. The van der Waals surface area contributed by atoms with Crippen LogP contribution in [0.5, 0.6) is 5.75 Å². The molecule has 1 aromatic carbocycles. The van der Waals surface area contributed by atoms with E-state index in [1.807, 2.05) is 0 Å². The standard InChI is InChI=1S/C8H7ClF3NO2/c9-5-2-1-4(3-14)7(6(5)13)15-8(10,11)12/h1-2,14H,3,13H2. The molecule has 0 saturated carbocycles. The highest BCUT2D eigenvalue weighted by atomic mass is 35.5. The van der Waals surface area contributed by atoms with Crippen LogP contribution >= 0.6 is 11.6 Å². The van der Waals surface area contributed by atoms with Crippen molar-refractivity contribution in [2.75, 3.05) is 5.73 Å². The van der Waals surface area contributed by atoms with Crippen molar-refractivity contribution in [3.8, 4) is 5.75 Å². The Morgan fingerprint density at radius 1 is 1.40 bits per heavy atom. The van der Waals surface area contributed by atoms with Crippen LogP contribution in [0.25, 0.3) is 0 Å². The lowest BCUT2D eigenvalue weighted by Crippen LogP contribution is -2.19. The smallest absolute Gasteiger partial charge is 0.403 e. The molecule has 3 N–H and O–H groups in total. The van der Waals surface area contributed by atoms with Gasteiger partial charge in [-0.15, -0.1) is 13.2 Å². The summed E-state index contributed by atoms with van der Waals surface area (Å²) in [5.74, 6) is -0.655. The van der Waals surface area contributed by atoms with Gasteiger partial charge in [0.1, 0.15) is 0 Å². The minimum absolute atomic E-state index is 0.0635. The first-order chi connectivity index (χ1) is 6.85. The highest BCUT2D eigenvalue weighted by molar-refractivity contribution is 6.33. The van der Waals surface area contributed by atoms with E-state index in [9.17, 15) is 13.2 Å². The fourth-order valence-electron chi connectivity index (χ4n) is 0.981. The molecule has 0 amide bonds. The van der Waals surface area contributed by atoms with Gasteiger partial charge in [0.2, 0.25) is 0 Å². The number of aliphatic hydroxyl groups excluding tert-OH is 1. The van der Waals surface area contributed by atoms with Gasteiger partial charge in [-0.05, 0) is 6.07 Å². The molecule has 15 heavy (non-hydrogen) atoms. The van der Waals surface area contributed by atoms with Crippen LogP contribution in [0.2, 0.25) is 5.02 Å². The highest BCUT2D eigenvalue weighted by Gasteiger charge is 2.33. The van der Waals surface area contributed by atoms with Crippen LogP contribution in [0.4, 0.5) is 18.9 Å². The number of alkyl halides is 3. The second-order valence-corrected chi connectivity index (χ2v) is 3.06. The lowest BCUT2D eigenvalue weighted by molar-refractivity contribution is -0.274. The van der Waals surface area contributed by atoms with E-state index in [0.29, 0.717) is 0 Å². The van der Waals surface area contributed by atoms with Crippen molar-refractivity contribution in [1.82, 2.24) is 0 Å². The molecule has 1 aromatic rings. The minimum atomic E-state index is -4.87. The number of hydrogen-bond donors (Lipinski definition) is 2. The van der Waals surface area contributed by atoms with Crippen molar-refractivity contribution in [2.24, 2.45) is 0 Å². The Labute approximate surface area is 88.2 Å². The Balaban J connectivity index is 3.18. The third-order valence-electron chi connectivity index (χ3n) is 1.61. The van der Waals surface area contributed by atoms with Gasteiger partial charge in [-0.3, -0.25) is 0 Å². The Hall–Kier alpha value is -1.14. The number of ether oxygens (including phenoxy) is 1. The lowest BCUT2D eigenvalue weighted by atomic mass is 10.2. The summed E-state index contributed by atoms with van der Waals surface area (Å²) in [5.41, 5.74) is 4.88. The van der Waals surface area contributed by atoms with Crippen LogP contribution in [0.3, 0.4) is 0 Å². The number of benzene rings is 1. The summed E-state index contributed by atoms with van der Waals surface area (Å²) < 4.78 is 39.6. The van der Waals surface area contributed by atoms with Gasteiger partial charge in [-0.1, -0.05) is 17.7 Å². The molecule has 84 valence electrons. The molecule has 0 aliphatic heterocycles. The highest BCUT2D eigenvalue weighted by Crippen LogP contribution is 2.36. The third-order valence-corrected chi connectivity index (χ3v) is 1.94. The largest absolute Gasteiger partial charge is 0.573 e. The first-order valence-electron chi connectivity index (χ1n) is 3.78. The van der Waals surface area contributed by atoms with Gasteiger partial charge in [-0.25, -0.2) is 0 Å². The van der Waals surface area contributed by atoms with Gasteiger partial charge < -0.3 is 15.6 Å². The summed E-state index contributed by atoms with van der Waals surface area (Å²) in [6.07, 6.45) is -4.87. The molecule has 0 atom stereocenters. The van der Waals surface area contributed by atoms with E-state index in [1.165, 1.54) is 12.1 Å². The molecule has 0 unspecified atom stereocenters. The Kier molecular flexibility index (Phi) is 3.31. The van der Waals surface area contributed by atoms with E-state index in [0.717, 1.165) is 0 Å². The number of aliphatic hydroxyl groups is 1. The summed E-state index contributed by atoms with van der Waals surface area (Å²) in [6.45, 7) is -0.618. The van der Waals surface area contributed by atoms with E-state index in [1.54, 1.807) is 0 Å². The van der Waals surface area contributed by atoms with Gasteiger partial charge in [0, 0.05) is 5.56 Å². The molecule has 0 spiro atoms. The molecule has 0 saturated heterocycles. The zero-order chi connectivity index (χ0) is 11.6. The fraction of sp³-hybridized carbons (Fsp3) is 0.250. The second-order valence-electron chi connectivity index (χ2n) is 2.66. The zero-order valence-corrected chi connectivity index (χ0v) is 8.06. The maximum atomic E-state index is 12.0. The summed E-state index contributed by atoms with van der Waals surface area (Å²) in [6, 6.07) is 2.49. The van der Waals surface area contributed by atoms with Crippen molar-refractivity contribution in [3.05, 3.63) is 22.7 Å². The summed E-state index contributed by atoms with van der Waals surface area (Å²) in [7, 11) is 0. The minimum Gasteiger partial charge on any atom is -0.403 e. The monoisotopic (exact) mass is 241 g/mol. The molecule has 0 bridgehead atoms. The predicted octanol–water partition coefficient (Wildman–Crippen LogP) is 2.31. The van der Waals surface area contributed by atoms with E-state index in [-0.39, 0.29) is 16.3 Å². The quantitative estimate of drug-likeness (QED) is 0.782. The van der Waals surface area contributed by atoms with Crippen molar-refractivity contribution in [1.29, 1.82) is 0 Å². The van der Waals surface area contributed by atoms with E-state index in [2.05, 4.69) is 4.74 Å². The van der Waals surface area contributed by atoms with E-state index in [4.69, 9.17) is 22.4 Å². The molecule has 3 nitrogen and oxygen atoms in total. The summed E-state index contributed by atoms with van der Waals surface area (Å²) in [5, 5.41) is 8.72. The number of rotatable bonds is 2. The average molecular weight is 242 g/mol. The number of anilines is 1. The van der Waals surface area contributed by atoms with Crippen molar-refractivity contribution in [3.63, 3.8) is 0 Å². The van der Waals surface area contributed by atoms with Crippen LogP contribution in [0, 0.1) is 0 Å². The number of nitrogen functional groups attached to an aromatic ring is 1. The maximum Gasteiger partial charge on any atom is 0.573 e. The molecule has 0 aliphatic carbocycles. The SMILES string of the molecule is Nc1c(Cl)ccc(CO)c1OC(F)(F)F. The predicted molar refractivity (Wildman–Crippen MR) is 48.5 cm³/mol. The Morgan fingerprint density at radius 3 is 2.47 bits per heavy atom. The first-order valence-corrected chi connectivity index (χ1v) is 4.16. The average Bonchev–Trinajstić information content (AvgIpc) is 2.11. The molecular weight excluding hydrogens is 235 g/mol. The van der Waals surface area contributed by atoms with Crippen molar-refractivity contribution >= 4 is 17.3 Å². The van der Waals surface area contributed by atoms with Gasteiger partial charge in [0.15, 0.2) is 5.75 Å². The van der Waals surface area contributed by atoms with E-state index >= 15 is 0 Å². The zero-order valence-electron chi connectivity index (χ0n) is 7.31.